The number of hydrogen-bond donors (Lipinski definition) is 2. The monoisotopic (exact) mass is 359 g/mol. The number of aromatic hydroxyl groups is 1. The molecule has 27 heavy (non-hydrogen) atoms. The molecule has 2 aromatic carbocycles. The Balaban J connectivity index is 0.000000135. The molecular formula is C24H25NO2. The van der Waals surface area contributed by atoms with Crippen molar-refractivity contribution in [1.29, 1.82) is 0 Å². The quantitative estimate of drug-likeness (QED) is 0.610. The first kappa shape index (κ1) is 19.9. The lowest BCUT2D eigenvalue weighted by molar-refractivity contribution is 0.239. The average Bonchev–Trinajstić information content (AvgIpc) is 3.48. The molecule has 0 aromatic heterocycles. The van der Waals surface area contributed by atoms with E-state index in [0.29, 0.717) is 5.75 Å². The summed E-state index contributed by atoms with van der Waals surface area (Å²) in [5, 5.41) is 8.63. The molecule has 2 aliphatic carbocycles. The number of rotatable bonds is 0. The molecule has 0 radical (unpaired) electrons. The van der Waals surface area contributed by atoms with Crippen LogP contribution in [0.3, 0.4) is 0 Å². The van der Waals surface area contributed by atoms with Gasteiger partial charge in [0.05, 0.1) is 0 Å². The van der Waals surface area contributed by atoms with Crippen molar-refractivity contribution in [2.45, 2.75) is 12.8 Å². The van der Waals surface area contributed by atoms with Crippen LogP contribution in [0, 0.1) is 0 Å². The minimum Gasteiger partial charge on any atom is -0.508 e. The van der Waals surface area contributed by atoms with Crippen LogP contribution in [0.15, 0.2) is 109 Å². The molecular weight excluding hydrogens is 334 g/mol. The molecule has 3 nitrogen and oxygen atoms in total. The van der Waals surface area contributed by atoms with Gasteiger partial charge in [0.2, 0.25) is 0 Å². The van der Waals surface area contributed by atoms with Gasteiger partial charge in [-0.3, -0.25) is 0 Å². The highest BCUT2D eigenvalue weighted by atomic mass is 16.6. The van der Waals surface area contributed by atoms with Gasteiger partial charge in [-0.25, -0.2) is 5.48 Å². The van der Waals surface area contributed by atoms with E-state index in [-0.39, 0.29) is 0 Å². The van der Waals surface area contributed by atoms with Crippen molar-refractivity contribution in [2.75, 3.05) is 0 Å². The third-order valence-corrected chi connectivity index (χ3v) is 3.49. The van der Waals surface area contributed by atoms with Crippen molar-refractivity contribution in [3.05, 3.63) is 115 Å². The first-order valence-corrected chi connectivity index (χ1v) is 8.91. The summed E-state index contributed by atoms with van der Waals surface area (Å²) in [4.78, 5) is 5.09. The molecule has 0 spiro atoms. The average molecular weight is 359 g/mol. The Morgan fingerprint density at radius 1 is 0.704 bits per heavy atom. The van der Waals surface area contributed by atoms with Gasteiger partial charge in [0.1, 0.15) is 5.75 Å². The zero-order chi connectivity index (χ0) is 19.0. The highest BCUT2D eigenvalue weighted by Gasteiger charge is 2.01. The van der Waals surface area contributed by atoms with E-state index < -0.39 is 0 Å². The van der Waals surface area contributed by atoms with Crippen molar-refractivity contribution in [2.24, 2.45) is 0 Å². The number of allylic oxidation sites excluding steroid dienone is 8. The third-order valence-electron chi connectivity index (χ3n) is 3.49. The number of para-hydroxylation sites is 2. The molecule has 1 heterocycles. The highest BCUT2D eigenvalue weighted by Crippen LogP contribution is 2.20. The second-order valence-corrected chi connectivity index (χ2v) is 5.61. The molecule has 0 fully saturated rings. The van der Waals surface area contributed by atoms with Crippen molar-refractivity contribution >= 4 is 6.08 Å². The van der Waals surface area contributed by atoms with Gasteiger partial charge < -0.3 is 9.94 Å². The standard InChI is InChI=1S/C8H7NO.C6H6O.2C5H6/c1-2-4-8-7(3-1)5-6-9-10-8;7-6-4-2-1-3-5-6;2*1-2-4-5-3-1/h1-6,9H;1-5,7H;2*1-4H,5H2. The summed E-state index contributed by atoms with van der Waals surface area (Å²) in [5.74, 6) is 1.20. The van der Waals surface area contributed by atoms with Crippen molar-refractivity contribution in [3.63, 3.8) is 0 Å². The fraction of sp³-hybridized carbons (Fsp3) is 0.0833. The molecule has 1 aliphatic heterocycles. The van der Waals surface area contributed by atoms with E-state index in [0.717, 1.165) is 24.2 Å². The molecule has 138 valence electrons. The number of nitrogens with one attached hydrogen (secondary N) is 1. The van der Waals surface area contributed by atoms with Crippen LogP contribution in [-0.4, -0.2) is 5.11 Å². The third kappa shape index (κ3) is 8.98. The molecule has 0 unspecified atom stereocenters. The Labute approximate surface area is 161 Å². The van der Waals surface area contributed by atoms with Crippen LogP contribution < -0.4 is 10.3 Å². The molecule has 3 aliphatic rings. The van der Waals surface area contributed by atoms with Gasteiger partial charge in [-0.2, -0.15) is 0 Å². The van der Waals surface area contributed by atoms with Gasteiger partial charge >= 0.3 is 0 Å². The number of hydrogen-bond acceptors (Lipinski definition) is 3. The lowest BCUT2D eigenvalue weighted by Crippen LogP contribution is -2.13. The van der Waals surface area contributed by atoms with E-state index in [2.05, 4.69) is 54.1 Å². The van der Waals surface area contributed by atoms with Crippen LogP contribution in [0.2, 0.25) is 0 Å². The normalized spacial score (nSPS) is 13.6. The van der Waals surface area contributed by atoms with Gasteiger partial charge in [-0.1, -0.05) is 85.0 Å². The van der Waals surface area contributed by atoms with Gasteiger partial charge in [0.25, 0.3) is 0 Å². The summed E-state index contributed by atoms with van der Waals surface area (Å²) in [6.07, 6.45) is 22.7. The van der Waals surface area contributed by atoms with E-state index in [1.165, 1.54) is 0 Å². The number of phenols is 1. The number of fused-ring (bicyclic) bond motifs is 1. The molecule has 0 bridgehead atoms. The smallest absolute Gasteiger partial charge is 0.162 e. The van der Waals surface area contributed by atoms with Crippen LogP contribution in [0.1, 0.15) is 18.4 Å². The predicted octanol–water partition coefficient (Wildman–Crippen LogP) is 5.95. The fourth-order valence-corrected chi connectivity index (χ4v) is 2.15. The maximum atomic E-state index is 8.63. The minimum atomic E-state index is 0.322. The minimum absolute atomic E-state index is 0.322. The summed E-state index contributed by atoms with van der Waals surface area (Å²) < 4.78 is 0. The summed E-state index contributed by atoms with van der Waals surface area (Å²) in [7, 11) is 0. The zero-order valence-electron chi connectivity index (χ0n) is 15.2. The summed E-state index contributed by atoms with van der Waals surface area (Å²) in [6, 6.07) is 16.6. The van der Waals surface area contributed by atoms with Gasteiger partial charge in [0, 0.05) is 11.8 Å². The topological polar surface area (TPSA) is 41.5 Å². The van der Waals surface area contributed by atoms with Crippen molar-refractivity contribution < 1.29 is 9.94 Å². The van der Waals surface area contributed by atoms with Crippen LogP contribution in [0.25, 0.3) is 6.08 Å². The van der Waals surface area contributed by atoms with Crippen molar-refractivity contribution in [3.8, 4) is 11.5 Å². The predicted molar refractivity (Wildman–Crippen MR) is 113 cm³/mol. The fourth-order valence-electron chi connectivity index (χ4n) is 2.15. The number of hydroxylamine groups is 1. The second kappa shape index (κ2) is 12.8. The molecule has 0 saturated heterocycles. The first-order valence-electron chi connectivity index (χ1n) is 8.91. The Bertz CT molecular complexity index is 760. The highest BCUT2D eigenvalue weighted by molar-refractivity contribution is 5.57. The molecule has 2 N–H and O–H groups in total. The SMILES string of the molecule is C1=CCC=C1.C1=CCC=C1.C1=Cc2ccccc2ON1.Oc1ccccc1. The van der Waals surface area contributed by atoms with Crippen LogP contribution in [0.5, 0.6) is 11.5 Å². The van der Waals surface area contributed by atoms with Crippen LogP contribution in [0.4, 0.5) is 0 Å². The Hall–Kier alpha value is -3.46. The number of phenolic OH excluding ortho intramolecular Hbond substituents is 1. The maximum Gasteiger partial charge on any atom is 0.162 e. The molecule has 3 heteroatoms. The first-order chi connectivity index (χ1) is 13.4. The largest absolute Gasteiger partial charge is 0.508 e. The lowest BCUT2D eigenvalue weighted by Gasteiger charge is -2.11. The van der Waals surface area contributed by atoms with Crippen LogP contribution >= 0.6 is 0 Å². The van der Waals surface area contributed by atoms with Gasteiger partial charge in [-0.05, 0) is 37.1 Å². The zero-order valence-corrected chi connectivity index (χ0v) is 15.2. The Morgan fingerprint density at radius 3 is 1.70 bits per heavy atom. The molecule has 0 amide bonds. The van der Waals surface area contributed by atoms with Gasteiger partial charge in [-0.15, -0.1) is 0 Å². The Kier molecular flexibility index (Phi) is 9.44. The van der Waals surface area contributed by atoms with E-state index in [1.807, 2.05) is 36.4 Å². The van der Waals surface area contributed by atoms with Gasteiger partial charge in [0.15, 0.2) is 5.75 Å². The van der Waals surface area contributed by atoms with E-state index in [9.17, 15) is 0 Å². The summed E-state index contributed by atoms with van der Waals surface area (Å²) in [6.45, 7) is 0. The maximum absolute atomic E-state index is 8.63. The second-order valence-electron chi connectivity index (χ2n) is 5.61. The van der Waals surface area contributed by atoms with E-state index >= 15 is 0 Å². The molecule has 2 aromatic rings. The summed E-state index contributed by atoms with van der Waals surface area (Å²) >= 11 is 0. The molecule has 0 atom stereocenters. The van der Waals surface area contributed by atoms with Crippen molar-refractivity contribution in [1.82, 2.24) is 5.48 Å². The van der Waals surface area contributed by atoms with Crippen LogP contribution in [-0.2, 0) is 0 Å². The van der Waals surface area contributed by atoms with E-state index in [1.54, 1.807) is 30.5 Å². The van der Waals surface area contributed by atoms with E-state index in [4.69, 9.17) is 9.94 Å². The molecule has 5 rings (SSSR count). The molecule has 0 saturated carbocycles. The lowest BCUT2D eigenvalue weighted by atomic mass is 10.2. The summed E-state index contributed by atoms with van der Waals surface area (Å²) in [5.41, 5.74) is 3.77. The Morgan fingerprint density at radius 2 is 1.26 bits per heavy atom. The number of benzene rings is 2.